The Morgan fingerprint density at radius 1 is 1.28 bits per heavy atom. The number of hydrogen-bond donors (Lipinski definition) is 1. The molecule has 2 unspecified atom stereocenters. The van der Waals surface area contributed by atoms with Crippen LogP contribution < -0.4 is 5.32 Å². The third kappa shape index (κ3) is 3.18. The van der Waals surface area contributed by atoms with Gasteiger partial charge >= 0.3 is 0 Å². The first-order valence-electron chi connectivity index (χ1n) is 9.14. The zero-order valence-corrected chi connectivity index (χ0v) is 14.5. The van der Waals surface area contributed by atoms with Gasteiger partial charge in [-0.15, -0.1) is 0 Å². The molecule has 1 amide bonds. The second-order valence-electron chi connectivity index (χ2n) is 7.07. The molecule has 0 aliphatic carbocycles. The number of carbonyl (C=O) groups is 1. The van der Waals surface area contributed by atoms with Crippen molar-refractivity contribution >= 4 is 5.91 Å². The summed E-state index contributed by atoms with van der Waals surface area (Å²) < 4.78 is 5.55. The van der Waals surface area contributed by atoms with Gasteiger partial charge in [0.25, 0.3) is 0 Å². The van der Waals surface area contributed by atoms with Gasteiger partial charge in [0.15, 0.2) is 0 Å². The number of carbonyl (C=O) groups excluding carboxylic acids is 1. The third-order valence-corrected chi connectivity index (χ3v) is 5.45. The fourth-order valence-electron chi connectivity index (χ4n) is 3.65. The maximum atomic E-state index is 13.0. The number of hydrogen-bond acceptors (Lipinski definition) is 5. The molecule has 0 saturated carbocycles. The Labute approximate surface area is 147 Å². The Morgan fingerprint density at radius 3 is 2.80 bits per heavy atom. The fourth-order valence-corrected chi connectivity index (χ4v) is 3.65. The Hall–Kier alpha value is -2.21. The van der Waals surface area contributed by atoms with Gasteiger partial charge in [-0.25, -0.2) is 0 Å². The molecule has 0 radical (unpaired) electrons. The van der Waals surface area contributed by atoms with E-state index >= 15 is 0 Å². The molecule has 2 aliphatic heterocycles. The Balaban J connectivity index is 1.55. The van der Waals surface area contributed by atoms with Crippen LogP contribution in [0.25, 0.3) is 11.4 Å². The number of nitrogens with zero attached hydrogens (tertiary/aromatic N) is 3. The molecule has 3 heterocycles. The molecule has 0 spiro atoms. The zero-order valence-electron chi connectivity index (χ0n) is 14.5. The SMILES string of the molecule is CC(C(=O)N1CCCCC1c1nc(-c2ccccc2)no1)C1CNC1. The van der Waals surface area contributed by atoms with Gasteiger partial charge in [-0.3, -0.25) is 4.79 Å². The average Bonchev–Trinajstić information content (AvgIpc) is 3.10. The van der Waals surface area contributed by atoms with Crippen molar-refractivity contribution in [3.05, 3.63) is 36.2 Å². The summed E-state index contributed by atoms with van der Waals surface area (Å²) in [4.78, 5) is 19.6. The van der Waals surface area contributed by atoms with E-state index in [-0.39, 0.29) is 17.9 Å². The summed E-state index contributed by atoms with van der Waals surface area (Å²) in [7, 11) is 0. The van der Waals surface area contributed by atoms with Crippen LogP contribution in [-0.4, -0.2) is 40.6 Å². The van der Waals surface area contributed by atoms with Crippen LogP contribution in [0.5, 0.6) is 0 Å². The molecule has 4 rings (SSSR count). The Kier molecular flexibility index (Phi) is 4.53. The van der Waals surface area contributed by atoms with Gasteiger partial charge in [-0.2, -0.15) is 4.98 Å². The van der Waals surface area contributed by atoms with Crippen LogP contribution in [0.3, 0.4) is 0 Å². The second kappa shape index (κ2) is 6.96. The minimum Gasteiger partial charge on any atom is -0.337 e. The van der Waals surface area contributed by atoms with Crippen molar-refractivity contribution < 1.29 is 9.32 Å². The van der Waals surface area contributed by atoms with E-state index in [0.717, 1.165) is 44.5 Å². The maximum Gasteiger partial charge on any atom is 0.249 e. The molecule has 2 fully saturated rings. The van der Waals surface area contributed by atoms with Crippen molar-refractivity contribution in [3.8, 4) is 11.4 Å². The topological polar surface area (TPSA) is 71.3 Å². The molecule has 6 heteroatoms. The van der Waals surface area contributed by atoms with Gasteiger partial charge in [0.1, 0.15) is 6.04 Å². The summed E-state index contributed by atoms with van der Waals surface area (Å²) in [5.74, 6) is 1.85. The molecule has 1 N–H and O–H groups in total. The van der Waals surface area contributed by atoms with E-state index in [1.807, 2.05) is 42.2 Å². The predicted molar refractivity (Wildman–Crippen MR) is 93.6 cm³/mol. The zero-order chi connectivity index (χ0) is 17.2. The summed E-state index contributed by atoms with van der Waals surface area (Å²) in [6.45, 7) is 4.69. The number of amides is 1. The molecule has 1 aromatic carbocycles. The monoisotopic (exact) mass is 340 g/mol. The van der Waals surface area contributed by atoms with Gasteiger partial charge in [-0.1, -0.05) is 42.4 Å². The van der Waals surface area contributed by atoms with E-state index in [4.69, 9.17) is 4.52 Å². The number of piperidine rings is 1. The third-order valence-electron chi connectivity index (χ3n) is 5.45. The number of aromatic nitrogens is 2. The van der Waals surface area contributed by atoms with Crippen molar-refractivity contribution in [3.63, 3.8) is 0 Å². The molecule has 0 bridgehead atoms. The van der Waals surface area contributed by atoms with Crippen LogP contribution in [0.15, 0.2) is 34.9 Å². The van der Waals surface area contributed by atoms with Gasteiger partial charge in [0.2, 0.25) is 17.6 Å². The highest BCUT2D eigenvalue weighted by Gasteiger charge is 2.37. The molecular formula is C19H24N4O2. The Bertz CT molecular complexity index is 726. The summed E-state index contributed by atoms with van der Waals surface area (Å²) in [6, 6.07) is 9.70. The lowest BCUT2D eigenvalue weighted by Gasteiger charge is -2.39. The molecule has 2 aromatic rings. The quantitative estimate of drug-likeness (QED) is 0.926. The van der Waals surface area contributed by atoms with E-state index < -0.39 is 0 Å². The molecule has 6 nitrogen and oxygen atoms in total. The molecule has 2 aliphatic rings. The van der Waals surface area contributed by atoms with E-state index in [1.165, 1.54) is 0 Å². The molecule has 1 aromatic heterocycles. The summed E-state index contributed by atoms with van der Waals surface area (Å²) in [6.07, 6.45) is 3.01. The lowest BCUT2D eigenvalue weighted by atomic mass is 9.86. The first-order valence-corrected chi connectivity index (χ1v) is 9.14. The van der Waals surface area contributed by atoms with Crippen molar-refractivity contribution in [2.24, 2.45) is 11.8 Å². The Morgan fingerprint density at radius 2 is 2.08 bits per heavy atom. The fraction of sp³-hybridized carbons (Fsp3) is 0.526. The van der Waals surface area contributed by atoms with Crippen LogP contribution in [0.1, 0.15) is 38.1 Å². The van der Waals surface area contributed by atoms with Crippen molar-refractivity contribution in [1.29, 1.82) is 0 Å². The smallest absolute Gasteiger partial charge is 0.249 e. The van der Waals surface area contributed by atoms with Crippen molar-refractivity contribution in [1.82, 2.24) is 20.4 Å². The highest BCUT2D eigenvalue weighted by molar-refractivity contribution is 5.79. The molecule has 2 saturated heterocycles. The average molecular weight is 340 g/mol. The lowest BCUT2D eigenvalue weighted by Crippen LogP contribution is -2.51. The van der Waals surface area contributed by atoms with E-state index in [1.54, 1.807) is 0 Å². The number of rotatable bonds is 4. The standard InChI is InChI=1S/C19H24N4O2/c1-13(15-11-20-12-15)19(24)23-10-6-5-9-16(23)18-21-17(22-25-18)14-7-3-2-4-8-14/h2-4,7-8,13,15-16,20H,5-6,9-12H2,1H3. The summed E-state index contributed by atoms with van der Waals surface area (Å²) >= 11 is 0. The summed E-state index contributed by atoms with van der Waals surface area (Å²) in [5, 5.41) is 7.38. The molecule has 25 heavy (non-hydrogen) atoms. The van der Waals surface area contributed by atoms with E-state index in [9.17, 15) is 4.79 Å². The predicted octanol–water partition coefficient (Wildman–Crippen LogP) is 2.65. The minimum atomic E-state index is -0.0957. The highest BCUT2D eigenvalue weighted by atomic mass is 16.5. The lowest BCUT2D eigenvalue weighted by molar-refractivity contribution is -0.142. The molecular weight excluding hydrogens is 316 g/mol. The first kappa shape index (κ1) is 16.3. The number of benzene rings is 1. The van der Waals surface area contributed by atoms with Gasteiger partial charge in [0, 0.05) is 18.0 Å². The van der Waals surface area contributed by atoms with Gasteiger partial charge < -0.3 is 14.7 Å². The van der Waals surface area contributed by atoms with Crippen LogP contribution in [0, 0.1) is 11.8 Å². The highest BCUT2D eigenvalue weighted by Crippen LogP contribution is 2.33. The van der Waals surface area contributed by atoms with Crippen molar-refractivity contribution in [2.75, 3.05) is 19.6 Å². The normalized spacial score (nSPS) is 22.4. The number of nitrogens with one attached hydrogen (secondary N) is 1. The van der Waals surface area contributed by atoms with Gasteiger partial charge in [-0.05, 0) is 38.3 Å². The second-order valence-corrected chi connectivity index (χ2v) is 7.07. The number of likely N-dealkylation sites (tertiary alicyclic amines) is 1. The molecule has 2 atom stereocenters. The van der Waals surface area contributed by atoms with Crippen LogP contribution in [0.4, 0.5) is 0 Å². The largest absolute Gasteiger partial charge is 0.337 e. The minimum absolute atomic E-state index is 0.0402. The summed E-state index contributed by atoms with van der Waals surface area (Å²) in [5.41, 5.74) is 0.931. The van der Waals surface area contributed by atoms with Crippen LogP contribution in [-0.2, 0) is 4.79 Å². The van der Waals surface area contributed by atoms with Crippen LogP contribution >= 0.6 is 0 Å². The first-order chi connectivity index (χ1) is 12.2. The van der Waals surface area contributed by atoms with E-state index in [0.29, 0.717) is 17.6 Å². The van der Waals surface area contributed by atoms with E-state index in [2.05, 4.69) is 15.5 Å². The van der Waals surface area contributed by atoms with Gasteiger partial charge in [0.05, 0.1) is 0 Å². The molecule has 132 valence electrons. The maximum absolute atomic E-state index is 13.0. The van der Waals surface area contributed by atoms with Crippen molar-refractivity contribution in [2.45, 2.75) is 32.2 Å². The van der Waals surface area contributed by atoms with Crippen LogP contribution in [0.2, 0.25) is 0 Å².